The lowest BCUT2D eigenvalue weighted by Gasteiger charge is -2.07. The molecule has 0 amide bonds. The first-order chi connectivity index (χ1) is 7.54. The Hall–Kier alpha value is -0.260. The molecule has 1 rings (SSSR count). The summed E-state index contributed by atoms with van der Waals surface area (Å²) in [5, 5.41) is 10.8. The number of nitro benzene ring substituents is 1. The SMILES string of the molecule is CC(CCl)CSc1ccc(Br)cc1[N+](=O)[O-]. The van der Waals surface area contributed by atoms with Gasteiger partial charge in [0.2, 0.25) is 0 Å². The Morgan fingerprint density at radius 2 is 2.31 bits per heavy atom. The van der Waals surface area contributed by atoms with Crippen molar-refractivity contribution in [2.75, 3.05) is 11.6 Å². The molecule has 16 heavy (non-hydrogen) atoms. The number of hydrogen-bond acceptors (Lipinski definition) is 3. The van der Waals surface area contributed by atoms with Crippen LogP contribution in [0.4, 0.5) is 5.69 Å². The van der Waals surface area contributed by atoms with Gasteiger partial charge in [0.05, 0.1) is 9.82 Å². The third-order valence-electron chi connectivity index (χ3n) is 1.90. The number of nitrogens with zero attached hydrogens (tertiary/aromatic N) is 1. The van der Waals surface area contributed by atoms with Gasteiger partial charge in [-0.25, -0.2) is 0 Å². The summed E-state index contributed by atoms with van der Waals surface area (Å²) in [6.07, 6.45) is 0. The summed E-state index contributed by atoms with van der Waals surface area (Å²) in [6.45, 7) is 2.02. The first-order valence-electron chi connectivity index (χ1n) is 4.67. The molecule has 1 atom stereocenters. The highest BCUT2D eigenvalue weighted by Crippen LogP contribution is 2.32. The van der Waals surface area contributed by atoms with E-state index >= 15 is 0 Å². The van der Waals surface area contributed by atoms with Crippen molar-refractivity contribution in [3.63, 3.8) is 0 Å². The molecule has 1 unspecified atom stereocenters. The number of alkyl halides is 1. The number of thioether (sulfide) groups is 1. The van der Waals surface area contributed by atoms with Gasteiger partial charge < -0.3 is 0 Å². The second-order valence-corrected chi connectivity index (χ2v) is 5.73. The monoisotopic (exact) mass is 323 g/mol. The van der Waals surface area contributed by atoms with Gasteiger partial charge in [0, 0.05) is 22.2 Å². The highest BCUT2D eigenvalue weighted by atomic mass is 79.9. The standard InChI is InChI=1S/C10H11BrClNO2S/c1-7(5-12)6-16-10-3-2-8(11)4-9(10)13(14)15/h2-4,7H,5-6H2,1H3. The van der Waals surface area contributed by atoms with E-state index in [1.807, 2.05) is 6.92 Å². The van der Waals surface area contributed by atoms with Crippen LogP contribution in [0.3, 0.4) is 0 Å². The summed E-state index contributed by atoms with van der Waals surface area (Å²) in [5.74, 6) is 1.69. The van der Waals surface area contributed by atoms with Crippen LogP contribution in [0, 0.1) is 16.0 Å². The van der Waals surface area contributed by atoms with E-state index in [9.17, 15) is 10.1 Å². The molecular formula is C10H11BrClNO2S. The molecule has 88 valence electrons. The quantitative estimate of drug-likeness (QED) is 0.350. The first kappa shape index (κ1) is 13.8. The molecule has 3 nitrogen and oxygen atoms in total. The Morgan fingerprint density at radius 3 is 2.88 bits per heavy atom. The third kappa shape index (κ3) is 3.96. The second-order valence-electron chi connectivity index (χ2n) is 3.44. The molecule has 0 aliphatic heterocycles. The maximum absolute atomic E-state index is 10.8. The number of rotatable bonds is 5. The molecule has 0 spiro atoms. The van der Waals surface area contributed by atoms with Gasteiger partial charge in [-0.1, -0.05) is 22.9 Å². The van der Waals surface area contributed by atoms with Gasteiger partial charge in [0.15, 0.2) is 0 Å². The highest BCUT2D eigenvalue weighted by Gasteiger charge is 2.15. The normalized spacial score (nSPS) is 12.4. The Morgan fingerprint density at radius 1 is 1.62 bits per heavy atom. The number of hydrogen-bond donors (Lipinski definition) is 0. The van der Waals surface area contributed by atoms with Gasteiger partial charge in [0.1, 0.15) is 0 Å². The van der Waals surface area contributed by atoms with Crippen LogP contribution < -0.4 is 0 Å². The van der Waals surface area contributed by atoms with Crippen molar-refractivity contribution in [1.29, 1.82) is 0 Å². The molecule has 0 N–H and O–H groups in total. The van der Waals surface area contributed by atoms with E-state index in [0.29, 0.717) is 21.2 Å². The van der Waals surface area contributed by atoms with Crippen LogP contribution in [0.2, 0.25) is 0 Å². The summed E-state index contributed by atoms with van der Waals surface area (Å²) in [7, 11) is 0. The third-order valence-corrected chi connectivity index (χ3v) is 4.32. The molecule has 1 aromatic carbocycles. The maximum atomic E-state index is 10.8. The van der Waals surface area contributed by atoms with E-state index in [1.165, 1.54) is 17.8 Å². The van der Waals surface area contributed by atoms with Crippen molar-refractivity contribution in [1.82, 2.24) is 0 Å². The average molecular weight is 325 g/mol. The predicted octanol–water partition coefficient (Wildman–Crippen LogP) is 4.32. The van der Waals surface area contributed by atoms with Gasteiger partial charge in [-0.15, -0.1) is 23.4 Å². The molecule has 0 radical (unpaired) electrons. The lowest BCUT2D eigenvalue weighted by Crippen LogP contribution is -2.00. The zero-order valence-corrected chi connectivity index (χ0v) is 11.8. The lowest BCUT2D eigenvalue weighted by molar-refractivity contribution is -0.387. The van der Waals surface area contributed by atoms with Crippen LogP contribution in [0.25, 0.3) is 0 Å². The zero-order valence-electron chi connectivity index (χ0n) is 8.65. The fourth-order valence-electron chi connectivity index (χ4n) is 1.03. The molecule has 0 saturated carbocycles. The summed E-state index contributed by atoms with van der Waals surface area (Å²) >= 11 is 10.4. The fraction of sp³-hybridized carbons (Fsp3) is 0.400. The smallest absolute Gasteiger partial charge is 0.258 e. The van der Waals surface area contributed by atoms with Crippen LogP contribution in [0.5, 0.6) is 0 Å². The van der Waals surface area contributed by atoms with E-state index in [4.69, 9.17) is 11.6 Å². The molecule has 0 bridgehead atoms. The van der Waals surface area contributed by atoms with Crippen LogP contribution in [-0.4, -0.2) is 16.6 Å². The fourth-order valence-corrected chi connectivity index (χ4v) is 2.65. The summed E-state index contributed by atoms with van der Waals surface area (Å²) < 4.78 is 0.717. The minimum atomic E-state index is -0.363. The van der Waals surface area contributed by atoms with E-state index in [2.05, 4.69) is 15.9 Å². The van der Waals surface area contributed by atoms with Crippen molar-refractivity contribution < 1.29 is 4.92 Å². The van der Waals surface area contributed by atoms with Crippen LogP contribution in [0.15, 0.2) is 27.6 Å². The van der Waals surface area contributed by atoms with Gasteiger partial charge in [-0.2, -0.15) is 0 Å². The van der Waals surface area contributed by atoms with Gasteiger partial charge in [0.25, 0.3) is 5.69 Å². The van der Waals surface area contributed by atoms with Crippen LogP contribution in [-0.2, 0) is 0 Å². The number of benzene rings is 1. The predicted molar refractivity (Wildman–Crippen MR) is 71.4 cm³/mol. The lowest BCUT2D eigenvalue weighted by atomic mass is 10.3. The largest absolute Gasteiger partial charge is 0.283 e. The molecular weight excluding hydrogens is 314 g/mol. The molecule has 0 saturated heterocycles. The molecule has 0 aromatic heterocycles. The van der Waals surface area contributed by atoms with Gasteiger partial charge >= 0.3 is 0 Å². The summed E-state index contributed by atoms with van der Waals surface area (Å²) in [5.41, 5.74) is 0.140. The van der Waals surface area contributed by atoms with E-state index in [-0.39, 0.29) is 10.6 Å². The molecule has 1 aromatic rings. The Kier molecular flexibility index (Phi) is 5.58. The second kappa shape index (κ2) is 6.47. The molecule has 0 aliphatic carbocycles. The molecule has 0 aliphatic rings. The zero-order chi connectivity index (χ0) is 12.1. The maximum Gasteiger partial charge on any atom is 0.283 e. The van der Waals surface area contributed by atoms with E-state index in [1.54, 1.807) is 12.1 Å². The van der Waals surface area contributed by atoms with Crippen molar-refractivity contribution in [2.45, 2.75) is 11.8 Å². The minimum absolute atomic E-state index is 0.140. The van der Waals surface area contributed by atoms with E-state index in [0.717, 1.165) is 5.75 Å². The average Bonchev–Trinajstić information content (AvgIpc) is 2.26. The summed E-state index contributed by atoms with van der Waals surface area (Å²) in [6, 6.07) is 5.09. The minimum Gasteiger partial charge on any atom is -0.258 e. The van der Waals surface area contributed by atoms with Crippen LogP contribution in [0.1, 0.15) is 6.92 Å². The molecule has 0 fully saturated rings. The Labute approximate surface area is 112 Å². The number of nitro groups is 1. The Bertz CT molecular complexity index is 389. The van der Waals surface area contributed by atoms with Crippen molar-refractivity contribution in [2.24, 2.45) is 5.92 Å². The highest BCUT2D eigenvalue weighted by molar-refractivity contribution is 9.10. The summed E-state index contributed by atoms with van der Waals surface area (Å²) in [4.78, 5) is 11.2. The topological polar surface area (TPSA) is 43.1 Å². The van der Waals surface area contributed by atoms with Gasteiger partial charge in [-0.3, -0.25) is 10.1 Å². The number of halogens is 2. The van der Waals surface area contributed by atoms with Crippen molar-refractivity contribution in [3.8, 4) is 0 Å². The molecule has 0 heterocycles. The van der Waals surface area contributed by atoms with Crippen molar-refractivity contribution >= 4 is 45.0 Å². The van der Waals surface area contributed by atoms with Crippen molar-refractivity contribution in [3.05, 3.63) is 32.8 Å². The van der Waals surface area contributed by atoms with Gasteiger partial charge in [-0.05, 0) is 18.1 Å². The first-order valence-corrected chi connectivity index (χ1v) is 6.98. The van der Waals surface area contributed by atoms with Crippen LogP contribution >= 0.6 is 39.3 Å². The van der Waals surface area contributed by atoms with E-state index < -0.39 is 0 Å². The molecule has 6 heteroatoms. The Balaban J connectivity index is 2.82.